The Morgan fingerprint density at radius 1 is 1.35 bits per heavy atom. The summed E-state index contributed by atoms with van der Waals surface area (Å²) in [6.07, 6.45) is 2.57. The number of hydrogen-bond acceptors (Lipinski definition) is 5. The largest absolute Gasteiger partial charge is 0.463 e. The molecule has 5 nitrogen and oxygen atoms in total. The van der Waals surface area contributed by atoms with Gasteiger partial charge in [-0.25, -0.2) is 4.79 Å². The van der Waals surface area contributed by atoms with Crippen LogP contribution in [0, 0.1) is 11.3 Å². The molecule has 5 heteroatoms. The number of ether oxygens (including phenoxy) is 1. The van der Waals surface area contributed by atoms with Gasteiger partial charge in [-0.3, -0.25) is 0 Å². The molecule has 1 aromatic carbocycles. The van der Waals surface area contributed by atoms with Crippen molar-refractivity contribution in [1.82, 2.24) is 0 Å². The summed E-state index contributed by atoms with van der Waals surface area (Å²) in [6, 6.07) is 11.1. The Labute approximate surface area is 117 Å². The number of carbonyl (C=O) groups is 1. The van der Waals surface area contributed by atoms with Gasteiger partial charge in [-0.05, 0) is 32.1 Å². The first-order chi connectivity index (χ1) is 9.67. The number of rotatable bonds is 5. The second kappa shape index (κ2) is 8.38. The summed E-state index contributed by atoms with van der Waals surface area (Å²) in [5.41, 5.74) is 1.38. The number of esters is 1. The molecule has 0 spiro atoms. The van der Waals surface area contributed by atoms with Crippen molar-refractivity contribution in [3.63, 3.8) is 0 Å². The second-order valence-electron chi connectivity index (χ2n) is 3.73. The van der Waals surface area contributed by atoms with Crippen molar-refractivity contribution < 1.29 is 9.53 Å². The average molecular weight is 269 g/mol. The lowest BCUT2D eigenvalue weighted by Crippen LogP contribution is -1.99. The van der Waals surface area contributed by atoms with Crippen molar-refractivity contribution in [2.45, 2.75) is 13.8 Å². The van der Waals surface area contributed by atoms with Gasteiger partial charge in [-0.15, -0.1) is 0 Å². The fourth-order valence-corrected chi connectivity index (χ4v) is 1.26. The van der Waals surface area contributed by atoms with Gasteiger partial charge in [0.1, 0.15) is 6.07 Å². The minimum absolute atomic E-state index is 0.262. The van der Waals surface area contributed by atoms with E-state index in [0.29, 0.717) is 18.0 Å². The predicted octanol–water partition coefficient (Wildman–Crippen LogP) is 3.69. The van der Waals surface area contributed by atoms with Crippen LogP contribution >= 0.6 is 0 Å². The minimum atomic E-state index is -0.493. The van der Waals surface area contributed by atoms with Gasteiger partial charge in [-0.1, -0.05) is 18.2 Å². The van der Waals surface area contributed by atoms with E-state index in [-0.39, 0.29) is 5.57 Å². The zero-order valence-electron chi connectivity index (χ0n) is 11.4. The van der Waals surface area contributed by atoms with Crippen molar-refractivity contribution in [3.8, 4) is 6.07 Å². The molecule has 102 valence electrons. The van der Waals surface area contributed by atoms with Crippen LogP contribution in [0.5, 0.6) is 0 Å². The topological polar surface area (TPSA) is 74.8 Å². The molecule has 1 aromatic rings. The van der Waals surface area contributed by atoms with Crippen LogP contribution in [0.4, 0.5) is 5.69 Å². The monoisotopic (exact) mass is 269 g/mol. The molecule has 0 aliphatic rings. The van der Waals surface area contributed by atoms with Gasteiger partial charge in [0.05, 0.1) is 23.6 Å². The van der Waals surface area contributed by atoms with Crippen molar-refractivity contribution in [2.24, 2.45) is 10.2 Å². The van der Waals surface area contributed by atoms with Crippen LogP contribution in [0.25, 0.3) is 0 Å². The summed E-state index contributed by atoms with van der Waals surface area (Å²) in [7, 11) is 0. The first kappa shape index (κ1) is 15.3. The van der Waals surface area contributed by atoms with E-state index in [0.717, 1.165) is 0 Å². The summed E-state index contributed by atoms with van der Waals surface area (Å²) < 4.78 is 4.73. The Balaban J connectivity index is 2.83. The first-order valence-electron chi connectivity index (χ1n) is 6.10. The van der Waals surface area contributed by atoms with E-state index in [2.05, 4.69) is 10.2 Å². The molecule has 0 N–H and O–H groups in total. The van der Waals surface area contributed by atoms with Crippen molar-refractivity contribution in [2.75, 3.05) is 6.61 Å². The molecule has 0 heterocycles. The number of hydrogen-bond donors (Lipinski definition) is 0. The molecule has 20 heavy (non-hydrogen) atoms. The Hall–Kier alpha value is -2.74. The van der Waals surface area contributed by atoms with Crippen LogP contribution in [-0.2, 0) is 9.53 Å². The number of benzene rings is 1. The average Bonchev–Trinajstić information content (AvgIpc) is 2.47. The highest BCUT2D eigenvalue weighted by Crippen LogP contribution is 2.14. The van der Waals surface area contributed by atoms with Gasteiger partial charge < -0.3 is 4.74 Å². The van der Waals surface area contributed by atoms with Gasteiger partial charge >= 0.3 is 5.97 Å². The molecular weight excluding hydrogens is 254 g/mol. The van der Waals surface area contributed by atoms with Crippen LogP contribution in [0.15, 0.2) is 64.0 Å². The third-order valence-electron chi connectivity index (χ3n) is 2.25. The molecule has 0 bridgehead atoms. The Morgan fingerprint density at radius 2 is 2.05 bits per heavy atom. The third-order valence-corrected chi connectivity index (χ3v) is 2.25. The maximum absolute atomic E-state index is 11.2. The van der Waals surface area contributed by atoms with Gasteiger partial charge in [0.2, 0.25) is 0 Å². The number of nitrogens with zero attached hydrogens (tertiary/aromatic N) is 3. The fraction of sp³-hybridized carbons (Fsp3) is 0.200. The second-order valence-corrected chi connectivity index (χ2v) is 3.73. The summed E-state index contributed by atoms with van der Waals surface area (Å²) in [5, 5.41) is 17.0. The number of azo groups is 1. The van der Waals surface area contributed by atoms with E-state index < -0.39 is 5.97 Å². The number of carbonyl (C=O) groups excluding carboxylic acids is 1. The van der Waals surface area contributed by atoms with Gasteiger partial charge in [0.15, 0.2) is 0 Å². The molecule has 0 saturated heterocycles. The standard InChI is InChI=1S/C15H15N3O2/c1-3-20-15(19)10-9-13(11-16)12(2)17-18-14-7-5-4-6-8-14/h4-10H,3H2,1-2H3/b10-9+,13-12-,18-17?. The highest BCUT2D eigenvalue weighted by Gasteiger charge is 1.99. The Bertz CT molecular complexity index is 581. The zero-order chi connectivity index (χ0) is 14.8. The lowest BCUT2D eigenvalue weighted by Gasteiger charge is -1.96. The van der Waals surface area contributed by atoms with Gasteiger partial charge in [0.25, 0.3) is 0 Å². The van der Waals surface area contributed by atoms with Crippen LogP contribution in [0.1, 0.15) is 13.8 Å². The summed E-state index contributed by atoms with van der Waals surface area (Å²) in [5.74, 6) is -0.493. The first-order valence-corrected chi connectivity index (χ1v) is 6.10. The van der Waals surface area contributed by atoms with E-state index in [1.165, 1.54) is 12.2 Å². The summed E-state index contributed by atoms with van der Waals surface area (Å²) in [6.45, 7) is 3.66. The maximum atomic E-state index is 11.2. The van der Waals surface area contributed by atoms with Crippen LogP contribution in [0.2, 0.25) is 0 Å². The zero-order valence-corrected chi connectivity index (χ0v) is 11.4. The van der Waals surface area contributed by atoms with Gasteiger partial charge in [0, 0.05) is 6.08 Å². The number of nitriles is 1. The van der Waals surface area contributed by atoms with Crippen LogP contribution in [-0.4, -0.2) is 12.6 Å². The Kier molecular flexibility index (Phi) is 6.42. The minimum Gasteiger partial charge on any atom is -0.463 e. The normalized spacial score (nSPS) is 12.2. The molecule has 1 rings (SSSR count). The summed E-state index contributed by atoms with van der Waals surface area (Å²) in [4.78, 5) is 11.2. The molecule has 0 aromatic heterocycles. The molecule has 0 fully saturated rings. The van der Waals surface area contributed by atoms with Crippen molar-refractivity contribution >= 4 is 11.7 Å². The van der Waals surface area contributed by atoms with Crippen molar-refractivity contribution in [1.29, 1.82) is 5.26 Å². The third kappa shape index (κ3) is 5.27. The van der Waals surface area contributed by atoms with E-state index in [9.17, 15) is 4.79 Å². The maximum Gasteiger partial charge on any atom is 0.330 e. The predicted molar refractivity (Wildman–Crippen MR) is 75.0 cm³/mol. The molecule has 0 saturated carbocycles. The van der Waals surface area contributed by atoms with Crippen molar-refractivity contribution in [3.05, 3.63) is 53.8 Å². The molecule has 0 aliphatic heterocycles. The molecule has 0 aliphatic carbocycles. The van der Waals surface area contributed by atoms with Crippen LogP contribution in [0.3, 0.4) is 0 Å². The van der Waals surface area contributed by atoms with Gasteiger partial charge in [-0.2, -0.15) is 15.5 Å². The van der Waals surface area contributed by atoms with E-state index in [1.807, 2.05) is 24.3 Å². The molecular formula is C15H15N3O2. The summed E-state index contributed by atoms with van der Waals surface area (Å²) >= 11 is 0. The molecule has 0 amide bonds. The Morgan fingerprint density at radius 3 is 2.65 bits per heavy atom. The highest BCUT2D eigenvalue weighted by atomic mass is 16.5. The smallest absolute Gasteiger partial charge is 0.330 e. The fourth-order valence-electron chi connectivity index (χ4n) is 1.26. The van der Waals surface area contributed by atoms with E-state index in [1.54, 1.807) is 26.0 Å². The SMILES string of the molecule is CCOC(=O)/C=C/C(C#N)=C(\C)N=Nc1ccccc1. The molecule has 0 unspecified atom stereocenters. The highest BCUT2D eigenvalue weighted by molar-refractivity contribution is 5.82. The van der Waals surface area contributed by atoms with E-state index >= 15 is 0 Å². The number of allylic oxidation sites excluding steroid dienone is 3. The quantitative estimate of drug-likeness (QED) is 0.269. The lowest BCUT2D eigenvalue weighted by atomic mass is 10.2. The van der Waals surface area contributed by atoms with E-state index in [4.69, 9.17) is 10.00 Å². The lowest BCUT2D eigenvalue weighted by molar-refractivity contribution is -0.137. The molecule has 0 radical (unpaired) electrons. The molecule has 0 atom stereocenters. The van der Waals surface area contributed by atoms with Crippen LogP contribution < -0.4 is 0 Å².